The minimum atomic E-state index is -1.36. The Morgan fingerprint density at radius 3 is 2.67 bits per heavy atom. The van der Waals surface area contributed by atoms with Crippen molar-refractivity contribution in [1.29, 1.82) is 0 Å². The molecular weight excluding hydrogens is 601 g/mol. The van der Waals surface area contributed by atoms with E-state index in [1.54, 1.807) is 57.8 Å². The Kier molecular flexibility index (Phi) is 9.43. The summed E-state index contributed by atoms with van der Waals surface area (Å²) in [6.45, 7) is 9.99. The van der Waals surface area contributed by atoms with Crippen molar-refractivity contribution in [1.82, 2.24) is 20.1 Å². The number of aliphatic hydroxyl groups is 1. The van der Waals surface area contributed by atoms with Crippen molar-refractivity contribution < 1.29 is 33.4 Å². The van der Waals surface area contributed by atoms with Crippen LogP contribution in [0.3, 0.4) is 0 Å². The van der Waals surface area contributed by atoms with Gasteiger partial charge in [0, 0.05) is 36.9 Å². The number of nitrogens with zero attached hydrogens (tertiary/aromatic N) is 4. The molecule has 1 aromatic heterocycles. The van der Waals surface area contributed by atoms with Crippen molar-refractivity contribution in [2.24, 2.45) is 16.3 Å². The van der Waals surface area contributed by atoms with Crippen LogP contribution in [-0.4, -0.2) is 95.1 Å². The Morgan fingerprint density at radius 2 is 1.98 bits per heavy atom. The van der Waals surface area contributed by atoms with E-state index in [1.807, 2.05) is 10.3 Å². The molecule has 11 nitrogen and oxygen atoms in total. The first kappa shape index (κ1) is 32.7. The van der Waals surface area contributed by atoms with Crippen LogP contribution in [0.4, 0.5) is 4.39 Å². The van der Waals surface area contributed by atoms with Crippen molar-refractivity contribution in [3.63, 3.8) is 0 Å². The van der Waals surface area contributed by atoms with Crippen LogP contribution < -0.4 is 5.32 Å². The first-order chi connectivity index (χ1) is 21.4. The van der Waals surface area contributed by atoms with Gasteiger partial charge < -0.3 is 24.8 Å². The summed E-state index contributed by atoms with van der Waals surface area (Å²) in [7, 11) is 0. The summed E-state index contributed by atoms with van der Waals surface area (Å²) >= 11 is 1.38. The van der Waals surface area contributed by atoms with Gasteiger partial charge in [0.2, 0.25) is 5.91 Å². The fourth-order valence-electron chi connectivity index (χ4n) is 6.42. The zero-order valence-corrected chi connectivity index (χ0v) is 27.1. The van der Waals surface area contributed by atoms with E-state index in [9.17, 15) is 23.9 Å². The number of esters is 2. The minimum Gasteiger partial charge on any atom is -0.466 e. The van der Waals surface area contributed by atoms with Gasteiger partial charge in [-0.05, 0) is 64.8 Å². The maximum atomic E-state index is 14.8. The summed E-state index contributed by atoms with van der Waals surface area (Å²) in [5.74, 6) is -1.74. The van der Waals surface area contributed by atoms with Gasteiger partial charge >= 0.3 is 11.9 Å². The van der Waals surface area contributed by atoms with Crippen LogP contribution in [0.15, 0.2) is 46.0 Å². The van der Waals surface area contributed by atoms with Crippen molar-refractivity contribution in [3.05, 3.63) is 63.0 Å². The molecule has 45 heavy (non-hydrogen) atoms. The standard InChI is InChI=1S/C32H40FN5O6S/c1-6-43-29(40)24-23(35-26(27-34-12-14-45-27)36-25(24)20-9-8-10-22(33)19(20)3)15-37-13-11-21-28(39)38(18-32(21,42)17-37)16-31(4,5)30(41)44-7-2/h8-10,12,14,21,25,42H,6-7,11,13,15-18H2,1-5H3,(H,35,36)/t21-,25-,32-/m0/s1. The molecule has 0 saturated carbocycles. The third-order valence-corrected chi connectivity index (χ3v) is 9.39. The fraction of sp³-hybridized carbons (Fsp3) is 0.531. The van der Waals surface area contributed by atoms with E-state index < -0.39 is 40.7 Å². The summed E-state index contributed by atoms with van der Waals surface area (Å²) in [4.78, 5) is 52.3. The molecular formula is C32H40FN5O6S. The third kappa shape index (κ3) is 6.52. The molecule has 3 aliphatic rings. The summed E-state index contributed by atoms with van der Waals surface area (Å²) in [6, 6.07) is 3.85. The number of halogens is 1. The van der Waals surface area contributed by atoms with Crippen molar-refractivity contribution in [2.45, 2.75) is 52.7 Å². The van der Waals surface area contributed by atoms with Crippen LogP contribution in [0.2, 0.25) is 0 Å². The number of hydrogen-bond acceptors (Lipinski definition) is 11. The molecule has 0 aliphatic carbocycles. The minimum absolute atomic E-state index is 0.0734. The van der Waals surface area contributed by atoms with E-state index in [1.165, 1.54) is 17.4 Å². The van der Waals surface area contributed by atoms with Crippen LogP contribution in [0.5, 0.6) is 0 Å². The molecule has 2 aromatic rings. The normalized spacial score (nSPS) is 23.8. The second-order valence-corrected chi connectivity index (χ2v) is 13.3. The Balaban J connectivity index is 1.45. The number of ether oxygens (including phenoxy) is 2. The van der Waals surface area contributed by atoms with Gasteiger partial charge in [-0.2, -0.15) is 0 Å². The van der Waals surface area contributed by atoms with E-state index in [0.717, 1.165) is 0 Å². The number of hydrogen-bond donors (Lipinski definition) is 2. The summed E-state index contributed by atoms with van der Waals surface area (Å²) in [6.07, 6.45) is 2.05. The average Bonchev–Trinajstić information content (AvgIpc) is 3.60. The van der Waals surface area contributed by atoms with Crippen LogP contribution in [0.1, 0.15) is 56.3 Å². The third-order valence-electron chi connectivity index (χ3n) is 8.61. The largest absolute Gasteiger partial charge is 0.466 e. The molecule has 1 amide bonds. The molecule has 1 aromatic carbocycles. The molecule has 5 rings (SSSR count). The van der Waals surface area contributed by atoms with Crippen molar-refractivity contribution >= 4 is 35.0 Å². The molecule has 0 unspecified atom stereocenters. The monoisotopic (exact) mass is 641 g/mol. The average molecular weight is 642 g/mol. The van der Waals surface area contributed by atoms with E-state index in [-0.39, 0.29) is 50.9 Å². The molecule has 0 radical (unpaired) electrons. The predicted octanol–water partition coefficient (Wildman–Crippen LogP) is 2.98. The number of piperidine rings is 1. The fourth-order valence-corrected chi connectivity index (χ4v) is 7.01. The number of nitrogens with one attached hydrogen (secondary N) is 1. The molecule has 3 aliphatic heterocycles. The number of carbonyl (C=O) groups is 3. The molecule has 2 N–H and O–H groups in total. The van der Waals surface area contributed by atoms with Gasteiger partial charge in [-0.3, -0.25) is 19.5 Å². The van der Waals surface area contributed by atoms with Gasteiger partial charge in [-0.15, -0.1) is 11.3 Å². The van der Waals surface area contributed by atoms with E-state index in [0.29, 0.717) is 40.6 Å². The zero-order chi connectivity index (χ0) is 32.5. The highest BCUT2D eigenvalue weighted by Gasteiger charge is 2.55. The predicted molar refractivity (Wildman–Crippen MR) is 166 cm³/mol. The molecule has 0 spiro atoms. The molecule has 242 valence electrons. The topological polar surface area (TPSA) is 134 Å². The number of fused-ring (bicyclic) bond motifs is 1. The Morgan fingerprint density at radius 1 is 1.22 bits per heavy atom. The molecule has 4 heterocycles. The van der Waals surface area contributed by atoms with Gasteiger partial charge in [-0.25, -0.2) is 14.2 Å². The molecule has 0 bridgehead atoms. The van der Waals surface area contributed by atoms with E-state index in [4.69, 9.17) is 14.5 Å². The first-order valence-electron chi connectivity index (χ1n) is 15.2. The molecule has 2 saturated heterocycles. The van der Waals surface area contributed by atoms with Gasteiger partial charge in [0.1, 0.15) is 17.5 Å². The number of rotatable bonds is 10. The Bertz CT molecular complexity index is 1530. The van der Waals surface area contributed by atoms with Gasteiger partial charge in [0.15, 0.2) is 10.8 Å². The Hall–Kier alpha value is -3.68. The van der Waals surface area contributed by atoms with Crippen molar-refractivity contribution in [2.75, 3.05) is 45.9 Å². The van der Waals surface area contributed by atoms with Crippen LogP contribution in [-0.2, 0) is 23.9 Å². The maximum Gasteiger partial charge on any atom is 0.338 e. The molecule has 3 atom stereocenters. The number of aromatic nitrogens is 1. The second kappa shape index (κ2) is 13.0. The van der Waals surface area contributed by atoms with Gasteiger partial charge in [-0.1, -0.05) is 12.1 Å². The van der Waals surface area contributed by atoms with Crippen LogP contribution in [0.25, 0.3) is 0 Å². The van der Waals surface area contributed by atoms with Gasteiger partial charge in [0.25, 0.3) is 0 Å². The lowest BCUT2D eigenvalue weighted by atomic mass is 9.83. The zero-order valence-electron chi connectivity index (χ0n) is 26.3. The number of amidine groups is 1. The molecule has 13 heteroatoms. The highest BCUT2D eigenvalue weighted by Crippen LogP contribution is 2.39. The summed E-state index contributed by atoms with van der Waals surface area (Å²) in [5.41, 5.74) is -0.627. The maximum absolute atomic E-state index is 14.8. The first-order valence-corrected chi connectivity index (χ1v) is 16.1. The number of likely N-dealkylation sites (tertiary alicyclic amines) is 2. The van der Waals surface area contributed by atoms with Crippen LogP contribution in [0, 0.1) is 24.1 Å². The van der Waals surface area contributed by atoms with Gasteiger partial charge in [0.05, 0.1) is 36.7 Å². The number of thiazole rings is 1. The summed E-state index contributed by atoms with van der Waals surface area (Å²) in [5, 5.41) is 17.6. The highest BCUT2D eigenvalue weighted by atomic mass is 32.1. The lowest BCUT2D eigenvalue weighted by Crippen LogP contribution is -2.55. The SMILES string of the molecule is CCOC(=O)C1=C(CN2CC[C@H]3C(=O)N(CC(C)(C)C(=O)OCC)C[C@@]3(O)C2)NC(c2nccs2)=N[C@H]1c1cccc(F)c1C. The van der Waals surface area contributed by atoms with E-state index in [2.05, 4.69) is 10.3 Å². The lowest BCUT2D eigenvalue weighted by molar-refractivity contribution is -0.155. The summed E-state index contributed by atoms with van der Waals surface area (Å²) < 4.78 is 25.4. The number of amides is 1. The number of aliphatic imine (C=N–C) groups is 1. The van der Waals surface area contributed by atoms with Crippen molar-refractivity contribution in [3.8, 4) is 0 Å². The van der Waals surface area contributed by atoms with E-state index >= 15 is 0 Å². The number of β-amino-alcohol motifs (C(OH)–C–C–N with tert-alkyl or cyclic N) is 1. The second-order valence-electron chi connectivity index (χ2n) is 12.4. The highest BCUT2D eigenvalue weighted by molar-refractivity contribution is 7.11. The smallest absolute Gasteiger partial charge is 0.338 e. The number of benzene rings is 1. The Labute approximate surface area is 266 Å². The number of carbonyl (C=O) groups excluding carboxylic acids is 3. The lowest BCUT2D eigenvalue weighted by Gasteiger charge is -2.40. The quantitative estimate of drug-likeness (QED) is 0.376. The van der Waals surface area contributed by atoms with Crippen LogP contribution >= 0.6 is 11.3 Å². The molecule has 2 fully saturated rings.